The molecule has 1 aliphatic carbocycles. The van der Waals surface area contributed by atoms with Gasteiger partial charge in [-0.3, -0.25) is 0 Å². The third-order valence-electron chi connectivity index (χ3n) is 5.22. The zero-order valence-electron chi connectivity index (χ0n) is 14.2. The fourth-order valence-corrected chi connectivity index (χ4v) is 3.76. The quantitative estimate of drug-likeness (QED) is 0.779. The van der Waals surface area contributed by atoms with Crippen molar-refractivity contribution >= 4 is 16.9 Å². The van der Waals surface area contributed by atoms with Gasteiger partial charge in [-0.25, -0.2) is 9.97 Å². The van der Waals surface area contributed by atoms with Crippen molar-refractivity contribution in [1.82, 2.24) is 15.0 Å². The topological polar surface area (TPSA) is 44.8 Å². The maximum atomic E-state index is 4.71. The number of nitrogens with one attached hydrogen (secondary N) is 1. The van der Waals surface area contributed by atoms with Gasteiger partial charge >= 0.3 is 0 Å². The largest absolute Gasteiger partial charge is 0.357 e. The lowest BCUT2D eigenvalue weighted by atomic mass is 9.94. The normalized spacial score (nSPS) is 15.7. The summed E-state index contributed by atoms with van der Waals surface area (Å²) < 4.78 is 0. The maximum Gasteiger partial charge on any atom is 0.137 e. The molecule has 0 bridgehead atoms. The molecule has 3 aromatic rings. The van der Waals surface area contributed by atoms with Crippen molar-refractivity contribution in [3.63, 3.8) is 0 Å². The summed E-state index contributed by atoms with van der Waals surface area (Å²) in [5.74, 6) is 1.09. The van der Waals surface area contributed by atoms with Crippen LogP contribution in [0.3, 0.4) is 0 Å². The Balaban J connectivity index is 1.49. The van der Waals surface area contributed by atoms with E-state index < -0.39 is 0 Å². The van der Waals surface area contributed by atoms with Crippen molar-refractivity contribution in [3.05, 3.63) is 54.0 Å². The van der Waals surface area contributed by atoms with E-state index in [4.69, 9.17) is 4.98 Å². The van der Waals surface area contributed by atoms with E-state index in [2.05, 4.69) is 46.3 Å². The lowest BCUT2D eigenvalue weighted by molar-refractivity contribution is 0.426. The zero-order valence-corrected chi connectivity index (χ0v) is 14.2. The molecule has 0 atom stereocenters. The van der Waals surface area contributed by atoms with Crippen LogP contribution in [0.1, 0.15) is 43.2 Å². The molecular formula is C20H24N4. The van der Waals surface area contributed by atoms with Crippen molar-refractivity contribution in [2.45, 2.75) is 44.6 Å². The molecule has 4 heteroatoms. The summed E-state index contributed by atoms with van der Waals surface area (Å²) in [5, 5.41) is 1.20. The molecule has 0 saturated heterocycles. The van der Waals surface area contributed by atoms with Crippen molar-refractivity contribution in [3.8, 4) is 0 Å². The van der Waals surface area contributed by atoms with E-state index in [1.807, 2.05) is 18.5 Å². The number of fused-ring (bicyclic) bond motifs is 1. The number of H-pyrrole nitrogens is 1. The maximum absolute atomic E-state index is 4.71. The Morgan fingerprint density at radius 3 is 2.79 bits per heavy atom. The zero-order chi connectivity index (χ0) is 16.4. The number of nitrogens with zero attached hydrogens (tertiary/aromatic N) is 3. The molecule has 1 fully saturated rings. The summed E-state index contributed by atoms with van der Waals surface area (Å²) in [5.41, 5.74) is 3.46. The fraction of sp³-hybridized carbons (Fsp3) is 0.400. The standard InChI is InChI=1S/C20H24N4/c1-24(17-6-3-2-4-7-17)19-10-9-15(13-22-19)12-16-14-23-20-18(16)8-5-11-21-20/h5,8-11,13-14,17H,2-4,6-7,12H2,1H3,(H,21,23). The average molecular weight is 320 g/mol. The molecule has 0 amide bonds. The van der Waals surface area contributed by atoms with Gasteiger partial charge < -0.3 is 9.88 Å². The third kappa shape index (κ3) is 3.01. The second-order valence-corrected chi connectivity index (χ2v) is 6.82. The minimum absolute atomic E-state index is 0.650. The monoisotopic (exact) mass is 320 g/mol. The molecule has 1 saturated carbocycles. The van der Waals surface area contributed by atoms with Crippen molar-refractivity contribution in [2.75, 3.05) is 11.9 Å². The molecule has 0 radical (unpaired) electrons. The van der Waals surface area contributed by atoms with Gasteiger partial charge in [-0.2, -0.15) is 0 Å². The molecule has 1 N–H and O–H groups in total. The minimum atomic E-state index is 0.650. The molecule has 3 heterocycles. The molecule has 124 valence electrons. The summed E-state index contributed by atoms with van der Waals surface area (Å²) in [6.07, 6.45) is 13.4. The van der Waals surface area contributed by atoms with Crippen LogP contribution in [-0.4, -0.2) is 28.0 Å². The van der Waals surface area contributed by atoms with Crippen LogP contribution in [0.4, 0.5) is 5.82 Å². The van der Waals surface area contributed by atoms with Gasteiger partial charge in [0.05, 0.1) is 0 Å². The van der Waals surface area contributed by atoms with Crippen LogP contribution in [0, 0.1) is 0 Å². The van der Waals surface area contributed by atoms with Crippen LogP contribution in [0.5, 0.6) is 0 Å². The van der Waals surface area contributed by atoms with Crippen LogP contribution in [0.2, 0.25) is 0 Å². The predicted octanol–water partition coefficient (Wildman–Crippen LogP) is 4.32. The fourth-order valence-electron chi connectivity index (χ4n) is 3.76. The predicted molar refractivity (Wildman–Crippen MR) is 98.4 cm³/mol. The molecule has 4 nitrogen and oxygen atoms in total. The smallest absolute Gasteiger partial charge is 0.137 e. The number of rotatable bonds is 4. The number of hydrogen-bond donors (Lipinski definition) is 1. The molecule has 0 spiro atoms. The van der Waals surface area contributed by atoms with E-state index in [1.54, 1.807) is 0 Å². The number of aromatic nitrogens is 3. The summed E-state index contributed by atoms with van der Waals surface area (Å²) >= 11 is 0. The van der Waals surface area contributed by atoms with Crippen molar-refractivity contribution < 1.29 is 0 Å². The SMILES string of the molecule is CN(c1ccc(Cc2c[nH]c3ncccc23)cn1)C1CCCCC1. The molecule has 0 aliphatic heterocycles. The first kappa shape index (κ1) is 15.2. The molecule has 3 aromatic heterocycles. The number of pyridine rings is 2. The highest BCUT2D eigenvalue weighted by molar-refractivity contribution is 5.79. The van der Waals surface area contributed by atoms with E-state index >= 15 is 0 Å². The molecule has 0 aromatic carbocycles. The van der Waals surface area contributed by atoms with Crippen molar-refractivity contribution in [2.24, 2.45) is 0 Å². The van der Waals surface area contributed by atoms with Gasteiger partial charge in [-0.15, -0.1) is 0 Å². The number of hydrogen-bond acceptors (Lipinski definition) is 3. The first-order valence-electron chi connectivity index (χ1n) is 8.90. The third-order valence-corrected chi connectivity index (χ3v) is 5.22. The van der Waals surface area contributed by atoms with Gasteiger partial charge in [0.2, 0.25) is 0 Å². The second-order valence-electron chi connectivity index (χ2n) is 6.82. The van der Waals surface area contributed by atoms with Crippen LogP contribution < -0.4 is 4.90 Å². The highest BCUT2D eigenvalue weighted by Gasteiger charge is 2.19. The van der Waals surface area contributed by atoms with Gasteiger partial charge in [-0.1, -0.05) is 25.3 Å². The van der Waals surface area contributed by atoms with Crippen LogP contribution in [0.25, 0.3) is 11.0 Å². The summed E-state index contributed by atoms with van der Waals surface area (Å²) in [6.45, 7) is 0. The van der Waals surface area contributed by atoms with Crippen LogP contribution in [0.15, 0.2) is 42.9 Å². The highest BCUT2D eigenvalue weighted by atomic mass is 15.2. The summed E-state index contributed by atoms with van der Waals surface area (Å²) in [4.78, 5) is 14.7. The summed E-state index contributed by atoms with van der Waals surface area (Å²) in [6, 6.07) is 9.12. The average Bonchev–Trinajstić information content (AvgIpc) is 3.06. The van der Waals surface area contributed by atoms with Crippen LogP contribution in [-0.2, 0) is 6.42 Å². The van der Waals surface area contributed by atoms with E-state index in [0.29, 0.717) is 6.04 Å². The Hall–Kier alpha value is -2.36. The second kappa shape index (κ2) is 6.63. The van der Waals surface area contributed by atoms with Crippen molar-refractivity contribution in [1.29, 1.82) is 0 Å². The van der Waals surface area contributed by atoms with Crippen LogP contribution >= 0.6 is 0 Å². The molecule has 24 heavy (non-hydrogen) atoms. The molecule has 0 unspecified atom stereocenters. The molecule has 1 aliphatic rings. The Labute approximate surface area is 142 Å². The Bertz CT molecular complexity index is 800. The van der Waals surface area contributed by atoms with E-state index in [-0.39, 0.29) is 0 Å². The van der Waals surface area contributed by atoms with Gasteiger partial charge in [-0.05, 0) is 42.2 Å². The van der Waals surface area contributed by atoms with Gasteiger partial charge in [0.25, 0.3) is 0 Å². The van der Waals surface area contributed by atoms with Gasteiger partial charge in [0.1, 0.15) is 11.5 Å². The Kier molecular flexibility index (Phi) is 4.20. The highest BCUT2D eigenvalue weighted by Crippen LogP contribution is 2.25. The van der Waals surface area contributed by atoms with Gasteiger partial charge in [0.15, 0.2) is 0 Å². The van der Waals surface area contributed by atoms with E-state index in [0.717, 1.165) is 17.9 Å². The molecular weight excluding hydrogens is 296 g/mol. The Morgan fingerprint density at radius 1 is 1.12 bits per heavy atom. The number of aromatic amines is 1. The van der Waals surface area contributed by atoms with E-state index in [9.17, 15) is 0 Å². The lowest BCUT2D eigenvalue weighted by Gasteiger charge is -2.32. The number of anilines is 1. The lowest BCUT2D eigenvalue weighted by Crippen LogP contribution is -2.33. The Morgan fingerprint density at radius 2 is 2.00 bits per heavy atom. The molecule has 4 rings (SSSR count). The summed E-state index contributed by atoms with van der Waals surface area (Å²) in [7, 11) is 2.18. The van der Waals surface area contributed by atoms with E-state index in [1.165, 1.54) is 48.6 Å². The first-order chi connectivity index (χ1) is 11.8. The van der Waals surface area contributed by atoms with Gasteiger partial charge in [0, 0.05) is 43.5 Å². The first-order valence-corrected chi connectivity index (χ1v) is 8.90. The minimum Gasteiger partial charge on any atom is -0.357 e.